The number of carboxylic acid groups (broad SMARTS) is 1. The fraction of sp³-hybridized carbons (Fsp3) is 0.300. The largest absolute Gasteiger partial charge is 0.477 e. The highest BCUT2D eigenvalue weighted by Gasteiger charge is 2.54. The molecule has 37 heavy (non-hydrogen) atoms. The number of aliphatic carboxylic acids is 1. The van der Waals surface area contributed by atoms with Crippen LogP contribution in [0.4, 0.5) is 5.13 Å². The lowest BCUT2D eigenvalue weighted by molar-refractivity contribution is -0.150. The second-order valence-corrected chi connectivity index (χ2v) is 10.3. The van der Waals surface area contributed by atoms with E-state index < -0.39 is 29.2 Å². The molecule has 0 radical (unpaired) electrons. The van der Waals surface area contributed by atoms with Crippen LogP contribution in [0.5, 0.6) is 0 Å². The smallest absolute Gasteiger partial charge is 0.352 e. The number of carboxylic acids is 1. The topological polar surface area (TPSA) is 191 Å². The third-order valence-corrected chi connectivity index (χ3v) is 8.05. The Morgan fingerprint density at radius 1 is 1.51 bits per heavy atom. The van der Waals surface area contributed by atoms with Crippen LogP contribution in [0.25, 0.3) is 0 Å². The minimum atomic E-state index is -1.24. The quantitative estimate of drug-likeness (QED) is 0.0623. The fourth-order valence-electron chi connectivity index (χ4n) is 3.43. The summed E-state index contributed by atoms with van der Waals surface area (Å²) in [5.41, 5.74) is 6.02. The highest BCUT2D eigenvalue weighted by Crippen LogP contribution is 2.41. The Morgan fingerprint density at radius 3 is 3.00 bits per heavy atom. The Labute approximate surface area is 222 Å². The SMILES string of the molecule is C#CCO/N=C(/C(=O)NC1C(=O)N2C(C(=O)O)=C(CSc3nnnn3CC=C)CS[C@H]12)c1csc(N)n1. The average molecular weight is 562 g/mol. The Balaban J connectivity index is 1.49. The first kappa shape index (κ1) is 26.2. The lowest BCUT2D eigenvalue weighted by atomic mass is 10.0. The first-order chi connectivity index (χ1) is 17.8. The fourth-order valence-corrected chi connectivity index (χ4v) is 6.35. The minimum Gasteiger partial charge on any atom is -0.477 e. The van der Waals surface area contributed by atoms with Crippen molar-refractivity contribution in [3.8, 4) is 12.3 Å². The summed E-state index contributed by atoms with van der Waals surface area (Å²) < 4.78 is 1.53. The number of nitrogens with two attached hydrogens (primary N) is 1. The van der Waals surface area contributed by atoms with Gasteiger partial charge in [0.15, 0.2) is 17.5 Å². The number of β-lactam (4-membered cyclic amide) rings is 1. The van der Waals surface area contributed by atoms with Crippen LogP contribution in [0.1, 0.15) is 5.69 Å². The van der Waals surface area contributed by atoms with Gasteiger partial charge in [-0.15, -0.1) is 41.2 Å². The first-order valence-corrected chi connectivity index (χ1v) is 13.3. The molecule has 0 aromatic carbocycles. The maximum Gasteiger partial charge on any atom is 0.352 e. The number of amides is 2. The monoisotopic (exact) mass is 561 g/mol. The van der Waals surface area contributed by atoms with Gasteiger partial charge in [0, 0.05) is 16.9 Å². The molecule has 2 aromatic rings. The predicted molar refractivity (Wildman–Crippen MR) is 136 cm³/mol. The van der Waals surface area contributed by atoms with Gasteiger partial charge in [0.05, 0.1) is 6.54 Å². The van der Waals surface area contributed by atoms with Crippen molar-refractivity contribution < 1.29 is 24.3 Å². The molecule has 2 aliphatic rings. The lowest BCUT2D eigenvalue weighted by Crippen LogP contribution is -2.71. The first-order valence-electron chi connectivity index (χ1n) is 10.4. The van der Waals surface area contributed by atoms with Gasteiger partial charge in [0.1, 0.15) is 22.8 Å². The molecule has 14 nitrogen and oxygen atoms in total. The van der Waals surface area contributed by atoms with Crippen LogP contribution in [0.2, 0.25) is 0 Å². The van der Waals surface area contributed by atoms with Crippen molar-refractivity contribution in [1.82, 2.24) is 35.4 Å². The second kappa shape index (κ2) is 11.5. The van der Waals surface area contributed by atoms with E-state index in [4.69, 9.17) is 17.0 Å². The van der Waals surface area contributed by atoms with Crippen molar-refractivity contribution in [2.45, 2.75) is 23.1 Å². The predicted octanol–water partition coefficient (Wildman–Crippen LogP) is -0.217. The average Bonchev–Trinajstić information content (AvgIpc) is 3.51. The van der Waals surface area contributed by atoms with E-state index in [1.807, 2.05) is 0 Å². The van der Waals surface area contributed by atoms with Crippen molar-refractivity contribution in [2.75, 3.05) is 23.8 Å². The molecule has 2 atom stereocenters. The summed E-state index contributed by atoms with van der Waals surface area (Å²) in [6.07, 6.45) is 6.79. The number of hydrogen-bond acceptors (Lipinski definition) is 13. The maximum absolute atomic E-state index is 13.0. The van der Waals surface area contributed by atoms with Crippen molar-refractivity contribution in [1.29, 1.82) is 0 Å². The molecule has 0 saturated carbocycles. The lowest BCUT2D eigenvalue weighted by Gasteiger charge is -2.49. The van der Waals surface area contributed by atoms with Crippen LogP contribution in [-0.4, -0.2) is 88.2 Å². The number of allylic oxidation sites excluding steroid dienone is 1. The van der Waals surface area contributed by atoms with Crippen LogP contribution in [-0.2, 0) is 25.8 Å². The van der Waals surface area contributed by atoms with E-state index >= 15 is 0 Å². The molecule has 0 aliphatic carbocycles. The van der Waals surface area contributed by atoms with Gasteiger partial charge in [0.25, 0.3) is 11.8 Å². The molecule has 4 N–H and O–H groups in total. The van der Waals surface area contributed by atoms with Crippen LogP contribution < -0.4 is 11.1 Å². The van der Waals surface area contributed by atoms with Crippen molar-refractivity contribution >= 4 is 63.5 Å². The van der Waals surface area contributed by atoms with E-state index in [-0.39, 0.29) is 34.6 Å². The van der Waals surface area contributed by atoms with Gasteiger partial charge >= 0.3 is 5.97 Å². The summed E-state index contributed by atoms with van der Waals surface area (Å²) >= 11 is 3.68. The highest BCUT2D eigenvalue weighted by molar-refractivity contribution is 8.01. The summed E-state index contributed by atoms with van der Waals surface area (Å²) in [5, 5.41) is 29.2. The Morgan fingerprint density at radius 2 is 2.32 bits per heavy atom. The van der Waals surface area contributed by atoms with Gasteiger partial charge in [0.2, 0.25) is 5.16 Å². The minimum absolute atomic E-state index is 0.118. The number of terminal acetylenes is 1. The summed E-state index contributed by atoms with van der Waals surface area (Å²) in [7, 11) is 0. The number of carbonyl (C=O) groups is 3. The number of nitrogens with zero attached hydrogens (tertiary/aromatic N) is 7. The van der Waals surface area contributed by atoms with Gasteiger partial charge in [-0.3, -0.25) is 14.5 Å². The van der Waals surface area contributed by atoms with Crippen molar-refractivity contribution in [3.63, 3.8) is 0 Å². The van der Waals surface area contributed by atoms with Crippen molar-refractivity contribution in [2.24, 2.45) is 5.16 Å². The van der Waals surface area contributed by atoms with Gasteiger partial charge in [-0.05, 0) is 16.0 Å². The molecule has 1 saturated heterocycles. The Kier molecular flexibility index (Phi) is 8.11. The van der Waals surface area contributed by atoms with E-state index in [1.165, 1.54) is 38.5 Å². The number of hydrogen-bond donors (Lipinski definition) is 3. The van der Waals surface area contributed by atoms with E-state index in [0.29, 0.717) is 23.0 Å². The third-order valence-electron chi connectivity index (χ3n) is 5.00. The molecule has 1 fully saturated rings. The van der Waals surface area contributed by atoms with Gasteiger partial charge in [-0.1, -0.05) is 28.9 Å². The van der Waals surface area contributed by atoms with Gasteiger partial charge < -0.3 is 21.0 Å². The summed E-state index contributed by atoms with van der Waals surface area (Å²) in [4.78, 5) is 48.3. The van der Waals surface area contributed by atoms with E-state index in [9.17, 15) is 19.5 Å². The molecule has 0 bridgehead atoms. The van der Waals surface area contributed by atoms with E-state index in [0.717, 1.165) is 11.3 Å². The molecule has 1 unspecified atom stereocenters. The zero-order valence-electron chi connectivity index (χ0n) is 18.9. The number of nitrogen functional groups attached to an aromatic ring is 1. The summed E-state index contributed by atoms with van der Waals surface area (Å²) in [5.74, 6) is 0.265. The Bertz CT molecular complexity index is 1340. The number of tetrazole rings is 1. The summed E-state index contributed by atoms with van der Waals surface area (Å²) in [6, 6.07) is -0.977. The molecule has 0 spiro atoms. The van der Waals surface area contributed by atoms with Crippen LogP contribution in [0.15, 0.2) is 39.6 Å². The third kappa shape index (κ3) is 5.45. The maximum atomic E-state index is 13.0. The molecule has 2 aliphatic heterocycles. The number of thiazole rings is 1. The van der Waals surface area contributed by atoms with Crippen LogP contribution in [0, 0.1) is 12.3 Å². The Hall–Kier alpha value is -3.88. The van der Waals surface area contributed by atoms with Crippen LogP contribution >= 0.6 is 34.9 Å². The number of carbonyl (C=O) groups excluding carboxylic acids is 2. The second-order valence-electron chi connectivity index (χ2n) is 7.33. The van der Waals surface area contributed by atoms with Crippen molar-refractivity contribution in [3.05, 3.63) is 35.0 Å². The highest BCUT2D eigenvalue weighted by atomic mass is 32.2. The van der Waals surface area contributed by atoms with Gasteiger partial charge in [-0.25, -0.2) is 14.5 Å². The van der Waals surface area contributed by atoms with E-state index in [1.54, 1.807) is 6.08 Å². The molecule has 192 valence electrons. The zero-order valence-corrected chi connectivity index (χ0v) is 21.4. The molecule has 4 rings (SSSR count). The molecule has 4 heterocycles. The number of rotatable bonds is 11. The number of oxime groups is 1. The molecule has 17 heteroatoms. The summed E-state index contributed by atoms with van der Waals surface area (Å²) in [6.45, 7) is 3.87. The molecule has 2 amide bonds. The van der Waals surface area contributed by atoms with Crippen LogP contribution in [0.3, 0.4) is 0 Å². The number of anilines is 1. The van der Waals surface area contributed by atoms with Gasteiger partial charge in [-0.2, -0.15) is 0 Å². The number of nitrogens with one attached hydrogen (secondary N) is 1. The molecular formula is C20H19N9O5S3. The standard InChI is InChI=1S/C20H19N9O5S3/c1-3-5-28-20(24-26-27-28)37-8-10-7-35-17-13(16(31)29(17)14(10)18(32)33)23-15(30)12(25-34-6-4-2)11-9-36-19(21)22-11/h2-3,9,13,17H,1,5-8H2,(H2,21,22)(H,23,30)(H,32,33)/b25-12+/t13?,17-/m1/s1. The zero-order chi connectivity index (χ0) is 26.5. The number of fused-ring (bicyclic) bond motifs is 1. The molecular weight excluding hydrogens is 542 g/mol. The number of thioether (sulfide) groups is 2. The number of aromatic nitrogens is 5. The van der Waals surface area contributed by atoms with E-state index in [2.05, 4.69) is 43.5 Å². The normalized spacial score (nSPS) is 19.1. The molecule has 2 aromatic heterocycles.